The molecule has 0 aromatic carbocycles. The summed E-state index contributed by atoms with van der Waals surface area (Å²) in [7, 11) is -16.7. The van der Waals surface area contributed by atoms with Gasteiger partial charge in [-0.3, -0.25) is 19.0 Å². The topological polar surface area (TPSA) is 247 Å². The minimum absolute atomic E-state index is 0.497. The van der Waals surface area contributed by atoms with Gasteiger partial charge in [0.1, 0.15) is 18.3 Å². The van der Waals surface area contributed by atoms with Crippen molar-refractivity contribution in [2.45, 2.75) is 31.0 Å². The van der Waals surface area contributed by atoms with Crippen LogP contribution in [-0.4, -0.2) is 77.5 Å². The molecule has 6 N–H and O–H groups in total. The third-order valence-electron chi connectivity index (χ3n) is 3.46. The monoisotopic (exact) mass is 483 g/mol. The number of carbonyl (C=O) groups is 2. The van der Waals surface area contributed by atoms with Gasteiger partial charge in [-0.1, -0.05) is 0 Å². The van der Waals surface area contributed by atoms with Gasteiger partial charge in [-0.15, -0.1) is 0 Å². The molecular weight excluding hydrogens is 467 g/mol. The molecule has 2 rings (SSSR count). The van der Waals surface area contributed by atoms with Crippen molar-refractivity contribution in [2.24, 2.45) is 0 Å². The number of carbonyl (C=O) groups excluding carboxylic acids is 2. The van der Waals surface area contributed by atoms with Crippen LogP contribution < -0.4 is 0 Å². The standard InChI is InChI=1S/C10H16NO15P3/c12-5-1-2-11(7(13)3-5)10-9(15)8(14)6(24-10)4-23-28(19,20)26-29(21,22)25-27(16,17)18/h1-2,6,8-10,14-15H,3-4H2,(H,19,20)(H,21,22)(H2,16,17,18)/t6-,8-,9-,10-/m1/s1. The maximum atomic E-state index is 11.8. The van der Waals surface area contributed by atoms with Crippen LogP contribution in [0, 0.1) is 0 Å². The number of rotatable bonds is 8. The van der Waals surface area contributed by atoms with E-state index >= 15 is 0 Å². The van der Waals surface area contributed by atoms with Gasteiger partial charge in [-0.25, -0.2) is 13.7 Å². The number of hydrogen-bond acceptors (Lipinski definition) is 11. The summed E-state index contributed by atoms with van der Waals surface area (Å²) in [5, 5.41) is 20.0. The Morgan fingerprint density at radius 1 is 1.03 bits per heavy atom. The maximum Gasteiger partial charge on any atom is 0.490 e. The number of ether oxygens (including phenoxy) is 1. The van der Waals surface area contributed by atoms with E-state index in [9.17, 15) is 38.4 Å². The average Bonchev–Trinajstić information content (AvgIpc) is 2.78. The zero-order chi connectivity index (χ0) is 22.2. The van der Waals surface area contributed by atoms with Gasteiger partial charge >= 0.3 is 23.5 Å². The SMILES string of the molecule is O=C1C=CN([C@@H]2O[C@H](COP(=O)(O)OP(=O)(O)OP(=O)(O)O)[C@@H](O)[C@H]2O)C(=O)C1. The summed E-state index contributed by atoms with van der Waals surface area (Å²) in [6.07, 6.45) is -4.96. The first-order valence-corrected chi connectivity index (χ1v) is 11.9. The van der Waals surface area contributed by atoms with E-state index in [-0.39, 0.29) is 0 Å². The fraction of sp³-hybridized carbons (Fsp3) is 0.600. The lowest BCUT2D eigenvalue weighted by Crippen LogP contribution is -2.46. The van der Waals surface area contributed by atoms with E-state index in [0.717, 1.165) is 17.2 Å². The Kier molecular flexibility index (Phi) is 7.36. The summed E-state index contributed by atoms with van der Waals surface area (Å²) >= 11 is 0. The predicted octanol–water partition coefficient (Wildman–Crippen LogP) is -1.91. The molecule has 29 heavy (non-hydrogen) atoms. The van der Waals surface area contributed by atoms with Crippen LogP contribution in [0.2, 0.25) is 0 Å². The summed E-state index contributed by atoms with van der Waals surface area (Å²) in [6, 6.07) is 0. The molecule has 2 unspecified atom stereocenters. The van der Waals surface area contributed by atoms with Crippen LogP contribution in [0.25, 0.3) is 0 Å². The number of hydrogen-bond donors (Lipinski definition) is 6. The number of phosphoric acid groups is 3. The third-order valence-corrected chi connectivity index (χ3v) is 7.27. The summed E-state index contributed by atoms with van der Waals surface area (Å²) in [5.74, 6) is -1.24. The van der Waals surface area contributed by atoms with Crippen LogP contribution in [0.5, 0.6) is 0 Å². The molecule has 166 valence electrons. The summed E-state index contributed by atoms with van der Waals surface area (Å²) < 4.78 is 50.0. The molecule has 1 saturated heterocycles. The van der Waals surface area contributed by atoms with E-state index in [1.165, 1.54) is 0 Å². The summed E-state index contributed by atoms with van der Waals surface area (Å²) in [6.45, 7) is -1.02. The molecule has 2 heterocycles. The van der Waals surface area contributed by atoms with Crippen molar-refractivity contribution in [3.05, 3.63) is 12.3 Å². The normalized spacial score (nSPS) is 32.3. The highest BCUT2D eigenvalue weighted by atomic mass is 31.3. The third kappa shape index (κ3) is 6.84. The second kappa shape index (κ2) is 8.73. The highest BCUT2D eigenvalue weighted by molar-refractivity contribution is 7.66. The molecular formula is C10H16NO15P3. The van der Waals surface area contributed by atoms with Crippen molar-refractivity contribution in [1.82, 2.24) is 4.90 Å². The highest BCUT2D eigenvalue weighted by Crippen LogP contribution is 2.66. The van der Waals surface area contributed by atoms with E-state index in [0.29, 0.717) is 0 Å². The van der Waals surface area contributed by atoms with Crippen LogP contribution in [0.1, 0.15) is 6.42 Å². The number of aliphatic hydroxyl groups is 2. The number of phosphoric ester groups is 1. The molecule has 0 bridgehead atoms. The van der Waals surface area contributed by atoms with Crippen molar-refractivity contribution in [2.75, 3.05) is 6.61 Å². The first-order chi connectivity index (χ1) is 13.1. The largest absolute Gasteiger partial charge is 0.490 e. The molecule has 6 atom stereocenters. The zero-order valence-corrected chi connectivity index (χ0v) is 16.7. The number of ketones is 1. The lowest BCUT2D eigenvalue weighted by atomic mass is 10.1. The second-order valence-electron chi connectivity index (χ2n) is 5.69. The van der Waals surface area contributed by atoms with Crippen molar-refractivity contribution >= 4 is 35.2 Å². The molecule has 2 aliphatic heterocycles. The van der Waals surface area contributed by atoms with E-state index in [2.05, 4.69) is 13.1 Å². The summed E-state index contributed by atoms with van der Waals surface area (Å²) in [4.78, 5) is 59.1. The molecule has 0 aromatic heterocycles. The van der Waals surface area contributed by atoms with Crippen LogP contribution >= 0.6 is 23.5 Å². The zero-order valence-electron chi connectivity index (χ0n) is 14.0. The smallest absolute Gasteiger partial charge is 0.387 e. The molecule has 0 spiro atoms. The van der Waals surface area contributed by atoms with Crippen molar-refractivity contribution in [3.8, 4) is 0 Å². The lowest BCUT2D eigenvalue weighted by molar-refractivity contribution is -0.148. The average molecular weight is 483 g/mol. The molecule has 0 aromatic rings. The van der Waals surface area contributed by atoms with E-state index in [1.54, 1.807) is 0 Å². The van der Waals surface area contributed by atoms with Gasteiger partial charge in [0.15, 0.2) is 12.0 Å². The van der Waals surface area contributed by atoms with E-state index < -0.39 is 72.7 Å². The quantitative estimate of drug-likeness (QED) is 0.163. The first kappa shape index (κ1) is 24.4. The molecule has 1 amide bonds. The Morgan fingerprint density at radius 2 is 1.66 bits per heavy atom. The molecule has 16 nitrogen and oxygen atoms in total. The maximum absolute atomic E-state index is 11.8. The van der Waals surface area contributed by atoms with E-state index in [1.807, 2.05) is 0 Å². The van der Waals surface area contributed by atoms with Crippen LogP contribution in [0.4, 0.5) is 0 Å². The highest BCUT2D eigenvalue weighted by Gasteiger charge is 2.48. The Balaban J connectivity index is 2.00. The van der Waals surface area contributed by atoms with Gasteiger partial charge < -0.3 is 34.5 Å². The van der Waals surface area contributed by atoms with Gasteiger partial charge in [-0.2, -0.15) is 8.62 Å². The molecule has 19 heteroatoms. The Morgan fingerprint density at radius 3 is 2.21 bits per heavy atom. The fourth-order valence-electron chi connectivity index (χ4n) is 2.34. The Hall–Kier alpha value is -0.830. The van der Waals surface area contributed by atoms with Crippen molar-refractivity contribution in [1.29, 1.82) is 0 Å². The molecule has 2 aliphatic rings. The van der Waals surface area contributed by atoms with Crippen LogP contribution in [-0.2, 0) is 41.2 Å². The van der Waals surface area contributed by atoms with Crippen LogP contribution in [0.15, 0.2) is 12.3 Å². The number of aliphatic hydroxyl groups excluding tert-OH is 2. The predicted molar refractivity (Wildman–Crippen MR) is 86.1 cm³/mol. The number of allylic oxidation sites excluding steroid dienone is 1. The molecule has 0 radical (unpaired) electrons. The van der Waals surface area contributed by atoms with E-state index in [4.69, 9.17) is 19.4 Å². The summed E-state index contributed by atoms with van der Waals surface area (Å²) in [5.41, 5.74) is 0. The van der Waals surface area contributed by atoms with Gasteiger partial charge in [0.25, 0.3) is 0 Å². The van der Waals surface area contributed by atoms with Crippen molar-refractivity contribution in [3.63, 3.8) is 0 Å². The Labute approximate surface area is 161 Å². The minimum Gasteiger partial charge on any atom is -0.387 e. The van der Waals surface area contributed by atoms with Crippen molar-refractivity contribution < 1.29 is 71.0 Å². The van der Waals surface area contributed by atoms with Crippen LogP contribution in [0.3, 0.4) is 0 Å². The molecule has 0 aliphatic carbocycles. The fourth-order valence-corrected chi connectivity index (χ4v) is 5.37. The number of amides is 1. The second-order valence-corrected chi connectivity index (χ2v) is 10.1. The van der Waals surface area contributed by atoms with Gasteiger partial charge in [0, 0.05) is 6.20 Å². The minimum atomic E-state index is -5.72. The lowest BCUT2D eigenvalue weighted by Gasteiger charge is -2.28. The molecule has 0 saturated carbocycles. The molecule has 1 fully saturated rings. The van der Waals surface area contributed by atoms with Gasteiger partial charge in [0.05, 0.1) is 13.0 Å². The first-order valence-electron chi connectivity index (χ1n) is 7.42. The number of nitrogens with zero attached hydrogens (tertiary/aromatic N) is 1. The van der Waals surface area contributed by atoms with Gasteiger partial charge in [-0.05, 0) is 6.08 Å². The van der Waals surface area contributed by atoms with Gasteiger partial charge in [0.2, 0.25) is 5.91 Å². The Bertz CT molecular complexity index is 836.